The molecular weight excluding hydrogens is 262 g/mol. The van der Waals surface area contributed by atoms with Crippen LogP contribution in [0.3, 0.4) is 0 Å². The molecule has 0 aliphatic carbocycles. The Morgan fingerprint density at radius 3 is 2.52 bits per heavy atom. The van der Waals surface area contributed by atoms with Crippen molar-refractivity contribution in [2.45, 2.75) is 32.6 Å². The molecule has 0 saturated carbocycles. The third-order valence-electron chi connectivity index (χ3n) is 4.66. The Morgan fingerprint density at radius 2 is 1.95 bits per heavy atom. The molecule has 0 radical (unpaired) electrons. The quantitative estimate of drug-likeness (QED) is 0.874. The lowest BCUT2D eigenvalue weighted by Crippen LogP contribution is -2.49. The van der Waals surface area contributed by atoms with E-state index >= 15 is 0 Å². The highest BCUT2D eigenvalue weighted by Crippen LogP contribution is 2.35. The minimum atomic E-state index is 0.0613. The van der Waals surface area contributed by atoms with Gasteiger partial charge in [0.05, 0.1) is 0 Å². The summed E-state index contributed by atoms with van der Waals surface area (Å²) in [6, 6.07) is 10.6. The summed E-state index contributed by atoms with van der Waals surface area (Å²) < 4.78 is 0. The third-order valence-corrected chi connectivity index (χ3v) is 4.66. The van der Waals surface area contributed by atoms with Crippen molar-refractivity contribution in [2.75, 3.05) is 26.2 Å². The van der Waals surface area contributed by atoms with E-state index in [1.807, 2.05) is 17.9 Å². The summed E-state index contributed by atoms with van der Waals surface area (Å²) in [6.45, 7) is 4.98. The molecule has 116 valence electrons. The summed E-state index contributed by atoms with van der Waals surface area (Å²) in [5.74, 6) is 0. The maximum absolute atomic E-state index is 11.9. The Kier molecular flexibility index (Phi) is 5.62. The Balaban J connectivity index is 1.87. The molecule has 0 unspecified atom stereocenters. The first-order chi connectivity index (χ1) is 10.2. The number of hydrogen-bond acceptors (Lipinski definition) is 2. The second-order valence-corrected chi connectivity index (χ2v) is 6.01. The molecule has 0 spiro atoms. The Morgan fingerprint density at radius 1 is 1.29 bits per heavy atom. The highest BCUT2D eigenvalue weighted by Gasteiger charge is 2.34. The van der Waals surface area contributed by atoms with E-state index < -0.39 is 0 Å². The minimum Gasteiger partial charge on any atom is -0.338 e. The van der Waals surface area contributed by atoms with Crippen LogP contribution >= 0.6 is 0 Å². The zero-order valence-electron chi connectivity index (χ0n) is 13.0. The molecule has 4 heteroatoms. The van der Waals surface area contributed by atoms with E-state index in [-0.39, 0.29) is 11.4 Å². The third kappa shape index (κ3) is 4.21. The van der Waals surface area contributed by atoms with Gasteiger partial charge in [-0.25, -0.2) is 4.79 Å². The summed E-state index contributed by atoms with van der Waals surface area (Å²) in [5.41, 5.74) is 7.63. The Labute approximate surface area is 127 Å². The van der Waals surface area contributed by atoms with E-state index in [1.165, 1.54) is 5.56 Å². The number of nitrogens with one attached hydrogen (secondary N) is 1. The molecule has 3 N–H and O–H groups in total. The van der Waals surface area contributed by atoms with Crippen molar-refractivity contribution < 1.29 is 4.79 Å². The number of nitrogens with zero attached hydrogens (tertiary/aromatic N) is 1. The van der Waals surface area contributed by atoms with E-state index in [0.29, 0.717) is 13.1 Å². The smallest absolute Gasteiger partial charge is 0.317 e. The second-order valence-electron chi connectivity index (χ2n) is 6.01. The molecule has 2 rings (SSSR count). The van der Waals surface area contributed by atoms with Crippen LogP contribution in [-0.2, 0) is 6.42 Å². The zero-order chi connectivity index (χ0) is 15.1. The number of likely N-dealkylation sites (tertiary alicyclic amines) is 1. The van der Waals surface area contributed by atoms with Gasteiger partial charge in [0.25, 0.3) is 0 Å². The molecule has 4 nitrogen and oxygen atoms in total. The number of nitrogens with two attached hydrogens (primary N) is 1. The van der Waals surface area contributed by atoms with Gasteiger partial charge in [-0.1, -0.05) is 30.3 Å². The number of benzene rings is 1. The number of carbonyl (C=O) groups is 1. The van der Waals surface area contributed by atoms with E-state index in [1.54, 1.807) is 0 Å². The van der Waals surface area contributed by atoms with Crippen LogP contribution in [-0.4, -0.2) is 37.1 Å². The predicted octanol–water partition coefficient (Wildman–Crippen LogP) is 2.39. The number of rotatable bonds is 5. The largest absolute Gasteiger partial charge is 0.338 e. The van der Waals surface area contributed by atoms with Crippen molar-refractivity contribution in [1.29, 1.82) is 0 Å². The molecule has 2 amide bonds. The fourth-order valence-electron chi connectivity index (χ4n) is 3.06. The average Bonchev–Trinajstić information content (AvgIpc) is 2.54. The van der Waals surface area contributed by atoms with E-state index in [4.69, 9.17) is 5.73 Å². The molecular formula is C17H27N3O. The number of hydrogen-bond donors (Lipinski definition) is 2. The lowest BCUT2D eigenvalue weighted by atomic mass is 9.74. The first-order valence-corrected chi connectivity index (χ1v) is 7.96. The van der Waals surface area contributed by atoms with Crippen molar-refractivity contribution >= 4 is 6.03 Å². The van der Waals surface area contributed by atoms with Gasteiger partial charge in [-0.3, -0.25) is 0 Å². The van der Waals surface area contributed by atoms with Gasteiger partial charge < -0.3 is 16.0 Å². The number of urea groups is 1. The Bertz CT molecular complexity index is 439. The second kappa shape index (κ2) is 7.46. The molecule has 21 heavy (non-hydrogen) atoms. The number of aryl methyl sites for hydroxylation is 1. The van der Waals surface area contributed by atoms with Gasteiger partial charge in [-0.05, 0) is 50.1 Å². The van der Waals surface area contributed by atoms with Gasteiger partial charge in [0.1, 0.15) is 0 Å². The first-order valence-electron chi connectivity index (χ1n) is 7.96. The summed E-state index contributed by atoms with van der Waals surface area (Å²) in [7, 11) is 0. The fraction of sp³-hybridized carbons (Fsp3) is 0.588. The van der Waals surface area contributed by atoms with Crippen LogP contribution in [0.1, 0.15) is 31.7 Å². The van der Waals surface area contributed by atoms with E-state index in [9.17, 15) is 4.79 Å². The molecule has 1 aliphatic rings. The van der Waals surface area contributed by atoms with Crippen LogP contribution in [0.25, 0.3) is 0 Å². The first kappa shape index (κ1) is 15.8. The number of carbonyl (C=O) groups excluding carboxylic acids is 1. The molecule has 1 aliphatic heterocycles. The standard InChI is InChI=1S/C17H27N3O/c1-2-19-16(21)20-12-10-17(14-18,11-13-20)9-8-15-6-4-3-5-7-15/h3-7H,2,8-14,18H2,1H3,(H,19,21). The average molecular weight is 289 g/mol. The SMILES string of the molecule is CCNC(=O)N1CCC(CN)(CCc2ccccc2)CC1. The van der Waals surface area contributed by atoms with Crippen molar-refractivity contribution in [2.24, 2.45) is 11.1 Å². The lowest BCUT2D eigenvalue weighted by molar-refractivity contribution is 0.115. The van der Waals surface area contributed by atoms with Crippen LogP contribution in [0.2, 0.25) is 0 Å². The van der Waals surface area contributed by atoms with Gasteiger partial charge in [0.15, 0.2) is 0 Å². The topological polar surface area (TPSA) is 58.4 Å². The number of amides is 2. The maximum Gasteiger partial charge on any atom is 0.317 e. The van der Waals surface area contributed by atoms with E-state index in [2.05, 4.69) is 29.6 Å². The van der Waals surface area contributed by atoms with Crippen molar-refractivity contribution in [3.05, 3.63) is 35.9 Å². The molecule has 0 atom stereocenters. The zero-order valence-corrected chi connectivity index (χ0v) is 13.0. The molecule has 1 saturated heterocycles. The van der Waals surface area contributed by atoms with Gasteiger partial charge in [-0.2, -0.15) is 0 Å². The monoisotopic (exact) mass is 289 g/mol. The van der Waals surface area contributed by atoms with Gasteiger partial charge in [0, 0.05) is 19.6 Å². The molecule has 1 heterocycles. The summed E-state index contributed by atoms with van der Waals surface area (Å²) >= 11 is 0. The van der Waals surface area contributed by atoms with Crippen molar-refractivity contribution in [1.82, 2.24) is 10.2 Å². The lowest BCUT2D eigenvalue weighted by Gasteiger charge is -2.41. The highest BCUT2D eigenvalue weighted by molar-refractivity contribution is 5.74. The Hall–Kier alpha value is -1.55. The maximum atomic E-state index is 11.9. The molecule has 0 bridgehead atoms. The van der Waals surface area contributed by atoms with Crippen LogP contribution in [0, 0.1) is 5.41 Å². The highest BCUT2D eigenvalue weighted by atomic mass is 16.2. The molecule has 0 aromatic heterocycles. The van der Waals surface area contributed by atoms with Gasteiger partial charge in [-0.15, -0.1) is 0 Å². The number of piperidine rings is 1. The molecule has 1 aromatic rings. The van der Waals surface area contributed by atoms with E-state index in [0.717, 1.165) is 38.8 Å². The van der Waals surface area contributed by atoms with Crippen LogP contribution in [0.15, 0.2) is 30.3 Å². The predicted molar refractivity (Wildman–Crippen MR) is 86.1 cm³/mol. The van der Waals surface area contributed by atoms with Crippen molar-refractivity contribution in [3.8, 4) is 0 Å². The minimum absolute atomic E-state index is 0.0613. The molecule has 1 fully saturated rings. The summed E-state index contributed by atoms with van der Waals surface area (Å²) in [4.78, 5) is 13.8. The van der Waals surface area contributed by atoms with Crippen LogP contribution < -0.4 is 11.1 Å². The normalized spacial score (nSPS) is 17.5. The van der Waals surface area contributed by atoms with Crippen LogP contribution in [0.4, 0.5) is 4.79 Å². The molecule has 1 aromatic carbocycles. The van der Waals surface area contributed by atoms with Gasteiger partial charge in [0.2, 0.25) is 0 Å². The van der Waals surface area contributed by atoms with Crippen molar-refractivity contribution in [3.63, 3.8) is 0 Å². The summed E-state index contributed by atoms with van der Waals surface area (Å²) in [6.07, 6.45) is 4.19. The summed E-state index contributed by atoms with van der Waals surface area (Å²) in [5, 5.41) is 2.87. The van der Waals surface area contributed by atoms with Gasteiger partial charge >= 0.3 is 6.03 Å². The van der Waals surface area contributed by atoms with Crippen LogP contribution in [0.5, 0.6) is 0 Å². The fourth-order valence-corrected chi connectivity index (χ4v) is 3.06.